The van der Waals surface area contributed by atoms with E-state index in [0.717, 1.165) is 48.8 Å². The van der Waals surface area contributed by atoms with Crippen LogP contribution in [0.15, 0.2) is 47.8 Å². The molecule has 1 fully saturated rings. The van der Waals surface area contributed by atoms with Gasteiger partial charge in [-0.05, 0) is 56.6 Å². The standard InChI is InChI=1S/C23H29N5OS2/c1-22(2,3)31(29)26-19-17-7-5-4-6-16(17)14-23(19)8-11-27(12-9-23)21-25-15-18(30)20-24-10-13-28(20)21/h4-7,10,13,15,19,26,30H,8-9,11-12,14H2,1-3H3/t19-,31-/m1/s1. The first kappa shape index (κ1) is 21.0. The minimum atomic E-state index is -1.12. The number of rotatable bonds is 3. The van der Waals surface area contributed by atoms with Crippen LogP contribution in [-0.2, 0) is 17.4 Å². The van der Waals surface area contributed by atoms with Gasteiger partial charge < -0.3 is 4.90 Å². The molecular formula is C23H29N5OS2. The molecule has 0 saturated carbocycles. The van der Waals surface area contributed by atoms with E-state index >= 15 is 0 Å². The summed E-state index contributed by atoms with van der Waals surface area (Å²) in [4.78, 5) is 12.2. The first-order valence-electron chi connectivity index (χ1n) is 10.8. The van der Waals surface area contributed by atoms with Gasteiger partial charge in [-0.25, -0.2) is 18.9 Å². The second-order valence-electron chi connectivity index (χ2n) is 9.72. The molecule has 1 aliphatic carbocycles. The fraction of sp³-hybridized carbons (Fsp3) is 0.478. The Morgan fingerprint density at radius 2 is 1.94 bits per heavy atom. The van der Waals surface area contributed by atoms with Crippen LogP contribution in [0.1, 0.15) is 50.8 Å². The molecule has 1 aromatic carbocycles. The molecule has 1 aliphatic heterocycles. The predicted octanol–water partition coefficient (Wildman–Crippen LogP) is 3.95. The van der Waals surface area contributed by atoms with Crippen LogP contribution in [0.3, 0.4) is 0 Å². The number of nitrogens with zero attached hydrogens (tertiary/aromatic N) is 4. The Bertz CT molecular complexity index is 1140. The zero-order chi connectivity index (χ0) is 21.8. The van der Waals surface area contributed by atoms with Crippen LogP contribution in [0.25, 0.3) is 5.65 Å². The average molecular weight is 456 g/mol. The smallest absolute Gasteiger partial charge is 0.211 e. The quantitative estimate of drug-likeness (QED) is 0.587. The van der Waals surface area contributed by atoms with Crippen LogP contribution in [0.2, 0.25) is 0 Å². The van der Waals surface area contributed by atoms with Crippen LogP contribution in [0.5, 0.6) is 0 Å². The van der Waals surface area contributed by atoms with E-state index < -0.39 is 11.0 Å². The molecule has 2 aliphatic rings. The molecule has 5 rings (SSSR count). The molecule has 3 heterocycles. The van der Waals surface area contributed by atoms with Crippen LogP contribution in [-0.4, -0.2) is 36.4 Å². The Kier molecular flexibility index (Phi) is 5.14. The summed E-state index contributed by atoms with van der Waals surface area (Å²) in [6.07, 6.45) is 8.58. The second kappa shape index (κ2) is 7.60. The summed E-state index contributed by atoms with van der Waals surface area (Å²) >= 11 is 4.49. The number of thiol groups is 1. The van der Waals surface area contributed by atoms with Gasteiger partial charge in [0.15, 0.2) is 5.65 Å². The fourth-order valence-corrected chi connectivity index (χ4v) is 6.17. The molecule has 1 N–H and O–H groups in total. The topological polar surface area (TPSA) is 62.5 Å². The summed E-state index contributed by atoms with van der Waals surface area (Å²) in [5, 5.41) is 0. The summed E-state index contributed by atoms with van der Waals surface area (Å²) in [7, 11) is -1.12. The third kappa shape index (κ3) is 3.58. The molecule has 0 bridgehead atoms. The molecule has 1 saturated heterocycles. The van der Waals surface area contributed by atoms with E-state index in [1.165, 1.54) is 11.1 Å². The second-order valence-corrected chi connectivity index (χ2v) is 12.2. The highest BCUT2D eigenvalue weighted by Crippen LogP contribution is 2.52. The van der Waals surface area contributed by atoms with Crippen molar-refractivity contribution in [2.24, 2.45) is 5.41 Å². The summed E-state index contributed by atoms with van der Waals surface area (Å²) in [5.74, 6) is 0.915. The van der Waals surface area contributed by atoms with Crippen molar-refractivity contribution >= 4 is 35.2 Å². The van der Waals surface area contributed by atoms with Gasteiger partial charge in [0.2, 0.25) is 5.95 Å². The molecule has 2 atom stereocenters. The Morgan fingerprint density at radius 1 is 1.19 bits per heavy atom. The van der Waals surface area contributed by atoms with Crippen molar-refractivity contribution in [2.75, 3.05) is 18.0 Å². The van der Waals surface area contributed by atoms with Gasteiger partial charge in [-0.15, -0.1) is 12.6 Å². The largest absolute Gasteiger partial charge is 0.342 e. The van der Waals surface area contributed by atoms with Crippen molar-refractivity contribution < 1.29 is 4.21 Å². The Balaban J connectivity index is 1.43. The normalized spacial score (nSPS) is 21.5. The summed E-state index contributed by atoms with van der Waals surface area (Å²) in [6, 6.07) is 8.75. The Labute approximate surface area is 191 Å². The maximum atomic E-state index is 13.1. The summed E-state index contributed by atoms with van der Waals surface area (Å²) in [5.41, 5.74) is 3.59. The van der Waals surface area contributed by atoms with Crippen molar-refractivity contribution in [3.8, 4) is 0 Å². The molecule has 2 aromatic heterocycles. The summed E-state index contributed by atoms with van der Waals surface area (Å²) < 4.78 is 18.3. The van der Waals surface area contributed by atoms with Crippen molar-refractivity contribution in [1.82, 2.24) is 19.1 Å². The predicted molar refractivity (Wildman–Crippen MR) is 128 cm³/mol. The van der Waals surface area contributed by atoms with E-state index in [4.69, 9.17) is 0 Å². The summed E-state index contributed by atoms with van der Waals surface area (Å²) in [6.45, 7) is 7.89. The molecule has 0 unspecified atom stereocenters. The van der Waals surface area contributed by atoms with E-state index in [1.807, 2.05) is 31.4 Å². The van der Waals surface area contributed by atoms with Gasteiger partial charge in [0.05, 0.1) is 26.7 Å². The van der Waals surface area contributed by atoms with Crippen molar-refractivity contribution in [2.45, 2.75) is 55.7 Å². The monoisotopic (exact) mass is 455 g/mol. The lowest BCUT2D eigenvalue weighted by Crippen LogP contribution is -2.48. The zero-order valence-corrected chi connectivity index (χ0v) is 19.9. The Morgan fingerprint density at radius 3 is 2.68 bits per heavy atom. The average Bonchev–Trinajstić information content (AvgIpc) is 3.33. The van der Waals surface area contributed by atoms with Crippen LogP contribution in [0.4, 0.5) is 5.95 Å². The lowest BCUT2D eigenvalue weighted by molar-refractivity contribution is 0.177. The zero-order valence-electron chi connectivity index (χ0n) is 18.2. The van der Waals surface area contributed by atoms with Crippen molar-refractivity contribution in [3.63, 3.8) is 0 Å². The lowest BCUT2D eigenvalue weighted by Gasteiger charge is -2.44. The van der Waals surface area contributed by atoms with Gasteiger partial charge in [-0.3, -0.25) is 4.40 Å². The number of hydrogen-bond acceptors (Lipinski definition) is 5. The van der Waals surface area contributed by atoms with E-state index in [-0.39, 0.29) is 16.2 Å². The number of benzene rings is 1. The maximum absolute atomic E-state index is 13.1. The van der Waals surface area contributed by atoms with Crippen molar-refractivity contribution in [3.05, 3.63) is 54.0 Å². The van der Waals surface area contributed by atoms with Gasteiger partial charge in [0, 0.05) is 31.7 Å². The van der Waals surface area contributed by atoms with Gasteiger partial charge >= 0.3 is 0 Å². The van der Waals surface area contributed by atoms with Gasteiger partial charge in [0.25, 0.3) is 0 Å². The molecule has 0 radical (unpaired) electrons. The number of aromatic nitrogens is 3. The number of imidazole rings is 1. The van der Waals surface area contributed by atoms with Crippen LogP contribution in [0, 0.1) is 5.41 Å². The van der Waals surface area contributed by atoms with Crippen LogP contribution >= 0.6 is 12.6 Å². The molecular weight excluding hydrogens is 426 g/mol. The number of anilines is 1. The molecule has 8 heteroatoms. The number of piperidine rings is 1. The van der Waals surface area contributed by atoms with Gasteiger partial charge in [0.1, 0.15) is 0 Å². The highest BCUT2D eigenvalue weighted by atomic mass is 32.2. The van der Waals surface area contributed by atoms with Gasteiger partial charge in [-0.2, -0.15) is 0 Å². The molecule has 31 heavy (non-hydrogen) atoms. The highest BCUT2D eigenvalue weighted by molar-refractivity contribution is 7.84. The van der Waals surface area contributed by atoms with Crippen LogP contribution < -0.4 is 9.62 Å². The lowest BCUT2D eigenvalue weighted by atomic mass is 9.73. The van der Waals surface area contributed by atoms with Gasteiger partial charge in [-0.1, -0.05) is 24.3 Å². The molecule has 6 nitrogen and oxygen atoms in total. The number of fused-ring (bicyclic) bond motifs is 2. The maximum Gasteiger partial charge on any atom is 0.211 e. The van der Waals surface area contributed by atoms with E-state index in [9.17, 15) is 4.21 Å². The van der Waals surface area contributed by atoms with Crippen molar-refractivity contribution in [1.29, 1.82) is 0 Å². The van der Waals surface area contributed by atoms with E-state index in [2.05, 4.69) is 56.5 Å². The number of hydrogen-bond donors (Lipinski definition) is 2. The van der Waals surface area contributed by atoms with E-state index in [1.54, 1.807) is 12.4 Å². The molecule has 3 aromatic rings. The fourth-order valence-electron chi connectivity index (χ4n) is 5.00. The molecule has 0 amide bonds. The molecule has 164 valence electrons. The molecule has 1 spiro atoms. The third-order valence-corrected chi connectivity index (χ3v) is 8.61. The van der Waals surface area contributed by atoms with E-state index in [0.29, 0.717) is 0 Å². The first-order valence-corrected chi connectivity index (χ1v) is 12.4. The Hall–Kier alpha value is -1.90. The minimum absolute atomic E-state index is 0.0681. The third-order valence-electron chi connectivity index (χ3n) is 6.73. The highest BCUT2D eigenvalue weighted by Gasteiger charge is 2.49. The minimum Gasteiger partial charge on any atom is -0.342 e. The number of nitrogens with one attached hydrogen (secondary N) is 1. The SMILES string of the molecule is CC(C)(C)[S@@](=O)N[C@@H]1c2ccccc2CC12CCN(c1ncc(S)c3nccn13)CC2. The first-order chi connectivity index (χ1) is 14.8.